The Balaban J connectivity index is 1.87. The Morgan fingerprint density at radius 3 is 2.11 bits per heavy atom. The minimum absolute atomic E-state index is 0.116. The number of anilines is 1. The Hall–Kier alpha value is -4.18. The number of benzene rings is 3. The molecule has 11 heteroatoms. The van der Waals surface area contributed by atoms with Gasteiger partial charge in [-0.1, -0.05) is 23.7 Å². The molecule has 3 aromatic carbocycles. The molecule has 1 unspecified atom stereocenters. The zero-order chi connectivity index (χ0) is 26.9. The summed E-state index contributed by atoms with van der Waals surface area (Å²) in [5.41, 5.74) is 0.505. The van der Waals surface area contributed by atoms with Crippen LogP contribution in [0.2, 0.25) is 5.02 Å². The second kappa shape index (κ2) is 10.1. The minimum Gasteiger partial charge on any atom is -0.507 e. The largest absolute Gasteiger partial charge is 0.573 e. The summed E-state index contributed by atoms with van der Waals surface area (Å²) in [7, 11) is 2.85. The van der Waals surface area contributed by atoms with Crippen LogP contribution >= 0.6 is 11.6 Å². The van der Waals surface area contributed by atoms with E-state index in [9.17, 15) is 27.9 Å². The molecule has 0 saturated carbocycles. The van der Waals surface area contributed by atoms with Gasteiger partial charge >= 0.3 is 6.36 Å². The number of hydrogen-bond donors (Lipinski definition) is 1. The fourth-order valence-electron chi connectivity index (χ4n) is 3.97. The fourth-order valence-corrected chi connectivity index (χ4v) is 4.17. The average molecular weight is 534 g/mol. The number of carbonyl (C=O) groups is 2. The summed E-state index contributed by atoms with van der Waals surface area (Å²) in [6.45, 7) is 0. The van der Waals surface area contributed by atoms with Crippen molar-refractivity contribution in [3.63, 3.8) is 0 Å². The summed E-state index contributed by atoms with van der Waals surface area (Å²) in [5.74, 6) is -2.19. The van der Waals surface area contributed by atoms with Crippen LogP contribution in [0.15, 0.2) is 72.3 Å². The molecular weight excluding hydrogens is 515 g/mol. The summed E-state index contributed by atoms with van der Waals surface area (Å²) in [5, 5.41) is 11.5. The molecule has 0 bridgehead atoms. The van der Waals surface area contributed by atoms with Crippen LogP contribution in [0.5, 0.6) is 17.2 Å². The maximum Gasteiger partial charge on any atom is 0.573 e. The Bertz CT molecular complexity index is 1370. The highest BCUT2D eigenvalue weighted by molar-refractivity contribution is 6.51. The first-order chi connectivity index (χ1) is 17.5. The van der Waals surface area contributed by atoms with Gasteiger partial charge in [0.1, 0.15) is 23.0 Å². The minimum atomic E-state index is -4.89. The normalized spacial score (nSPS) is 17.1. The third-order valence-electron chi connectivity index (χ3n) is 5.65. The average Bonchev–Trinajstić information content (AvgIpc) is 3.13. The Morgan fingerprint density at radius 2 is 1.54 bits per heavy atom. The SMILES string of the molecule is COc1ccc(C2/C(=C(/O)c3ccc(Cl)c(OC)c3)C(=O)C(=O)N2c2ccc(OC(F)(F)F)cc2)cc1. The molecular formula is C26H19ClF3NO6. The third-order valence-corrected chi connectivity index (χ3v) is 5.96. The third kappa shape index (κ3) is 5.19. The Kier molecular flexibility index (Phi) is 7.04. The van der Waals surface area contributed by atoms with Gasteiger partial charge in [0.15, 0.2) is 0 Å². The molecule has 37 heavy (non-hydrogen) atoms. The van der Waals surface area contributed by atoms with Crippen molar-refractivity contribution in [2.24, 2.45) is 0 Å². The van der Waals surface area contributed by atoms with Crippen molar-refractivity contribution in [2.75, 3.05) is 19.1 Å². The van der Waals surface area contributed by atoms with Gasteiger partial charge in [0.2, 0.25) is 0 Å². The van der Waals surface area contributed by atoms with Crippen LogP contribution in [-0.2, 0) is 9.59 Å². The van der Waals surface area contributed by atoms with Crippen molar-refractivity contribution >= 4 is 34.7 Å². The number of alkyl halides is 3. The molecule has 1 aliphatic rings. The van der Waals surface area contributed by atoms with E-state index in [-0.39, 0.29) is 27.6 Å². The molecule has 7 nitrogen and oxygen atoms in total. The summed E-state index contributed by atoms with van der Waals surface area (Å²) < 4.78 is 52.0. The quantitative estimate of drug-likeness (QED) is 0.242. The van der Waals surface area contributed by atoms with E-state index in [0.717, 1.165) is 17.0 Å². The number of nitrogens with zero attached hydrogens (tertiary/aromatic N) is 1. The van der Waals surface area contributed by atoms with E-state index < -0.39 is 35.6 Å². The predicted molar refractivity (Wildman–Crippen MR) is 129 cm³/mol. The molecule has 0 aliphatic carbocycles. The molecule has 1 amide bonds. The second-order valence-electron chi connectivity index (χ2n) is 7.83. The molecule has 1 aliphatic heterocycles. The number of halogens is 4. The van der Waals surface area contributed by atoms with Crippen LogP contribution < -0.4 is 19.1 Å². The van der Waals surface area contributed by atoms with E-state index >= 15 is 0 Å². The van der Waals surface area contributed by atoms with Gasteiger partial charge in [0, 0.05) is 11.3 Å². The van der Waals surface area contributed by atoms with E-state index in [2.05, 4.69) is 4.74 Å². The van der Waals surface area contributed by atoms with E-state index in [1.54, 1.807) is 24.3 Å². The van der Waals surface area contributed by atoms with Crippen LogP contribution in [0.3, 0.4) is 0 Å². The van der Waals surface area contributed by atoms with Crippen molar-refractivity contribution in [2.45, 2.75) is 12.4 Å². The molecule has 3 aromatic rings. The van der Waals surface area contributed by atoms with E-state index in [1.165, 1.54) is 44.6 Å². The smallest absolute Gasteiger partial charge is 0.507 e. The number of Topliss-reactive ketones (excluding diaryl/α,β-unsaturated/α-hetero) is 1. The fraction of sp³-hybridized carbons (Fsp3) is 0.154. The topological polar surface area (TPSA) is 85.3 Å². The number of hydrogen-bond acceptors (Lipinski definition) is 6. The summed E-state index contributed by atoms with van der Waals surface area (Å²) in [4.78, 5) is 27.5. The lowest BCUT2D eigenvalue weighted by Crippen LogP contribution is -2.29. The second-order valence-corrected chi connectivity index (χ2v) is 8.24. The van der Waals surface area contributed by atoms with E-state index in [1.807, 2.05) is 0 Å². The number of ether oxygens (including phenoxy) is 3. The molecule has 1 saturated heterocycles. The van der Waals surface area contributed by atoms with Crippen LogP contribution in [0.25, 0.3) is 5.76 Å². The number of ketones is 1. The number of methoxy groups -OCH3 is 2. The molecule has 1 heterocycles. The Labute approximate surface area is 214 Å². The zero-order valence-electron chi connectivity index (χ0n) is 19.4. The summed E-state index contributed by atoms with van der Waals surface area (Å²) in [6.07, 6.45) is -4.89. The predicted octanol–water partition coefficient (Wildman–Crippen LogP) is 5.88. The summed E-state index contributed by atoms with van der Waals surface area (Å²) >= 11 is 6.08. The van der Waals surface area contributed by atoms with Crippen LogP contribution in [0, 0.1) is 0 Å². The van der Waals surface area contributed by atoms with Crippen LogP contribution in [0.4, 0.5) is 18.9 Å². The number of rotatable bonds is 6. The summed E-state index contributed by atoms with van der Waals surface area (Å²) in [6, 6.07) is 14.2. The van der Waals surface area contributed by atoms with Gasteiger partial charge in [0.25, 0.3) is 11.7 Å². The number of aliphatic hydroxyl groups excluding tert-OH is 1. The maximum atomic E-state index is 13.2. The molecule has 1 fully saturated rings. The van der Waals surface area contributed by atoms with Gasteiger partial charge in [-0.15, -0.1) is 13.2 Å². The monoisotopic (exact) mass is 533 g/mol. The number of amides is 1. The van der Waals surface area contributed by atoms with E-state index in [4.69, 9.17) is 21.1 Å². The highest BCUT2D eigenvalue weighted by Crippen LogP contribution is 2.43. The molecule has 0 aromatic heterocycles. The van der Waals surface area contributed by atoms with Crippen LogP contribution in [-0.4, -0.2) is 37.4 Å². The highest BCUT2D eigenvalue weighted by atomic mass is 35.5. The van der Waals surface area contributed by atoms with Crippen molar-refractivity contribution < 1.29 is 42.1 Å². The lowest BCUT2D eigenvalue weighted by Gasteiger charge is -2.26. The lowest BCUT2D eigenvalue weighted by molar-refractivity contribution is -0.274. The van der Waals surface area contributed by atoms with Gasteiger partial charge in [-0.05, 0) is 60.2 Å². The van der Waals surface area contributed by atoms with Gasteiger partial charge < -0.3 is 19.3 Å². The molecule has 4 rings (SSSR count). The zero-order valence-corrected chi connectivity index (χ0v) is 20.1. The van der Waals surface area contributed by atoms with Crippen molar-refractivity contribution in [1.29, 1.82) is 0 Å². The van der Waals surface area contributed by atoms with Gasteiger partial charge in [-0.2, -0.15) is 0 Å². The van der Waals surface area contributed by atoms with Crippen molar-refractivity contribution in [1.82, 2.24) is 0 Å². The van der Waals surface area contributed by atoms with E-state index in [0.29, 0.717) is 11.3 Å². The van der Waals surface area contributed by atoms with Gasteiger partial charge in [-0.25, -0.2) is 0 Å². The van der Waals surface area contributed by atoms with Crippen LogP contribution in [0.1, 0.15) is 17.2 Å². The van der Waals surface area contributed by atoms with Gasteiger partial charge in [-0.3, -0.25) is 14.5 Å². The first kappa shape index (κ1) is 25.9. The van der Waals surface area contributed by atoms with Crippen molar-refractivity contribution in [3.8, 4) is 17.2 Å². The molecule has 0 spiro atoms. The van der Waals surface area contributed by atoms with Gasteiger partial charge in [0.05, 0.1) is 30.9 Å². The highest BCUT2D eigenvalue weighted by Gasteiger charge is 2.47. The molecule has 1 atom stereocenters. The lowest BCUT2D eigenvalue weighted by atomic mass is 9.95. The van der Waals surface area contributed by atoms with Crippen molar-refractivity contribution in [3.05, 3.63) is 88.5 Å². The first-order valence-electron chi connectivity index (χ1n) is 10.7. The standard InChI is InChI=1S/C26H19ClF3NO6/c1-35-17-8-3-14(4-9-17)22-21(23(32)15-5-12-19(27)20(13-15)36-2)24(33)25(34)31(22)16-6-10-18(11-7-16)37-26(28,29)30/h3-13,22,32H,1-2H3/b23-21-. The number of carbonyl (C=O) groups excluding carboxylic acids is 2. The molecule has 192 valence electrons. The Morgan fingerprint density at radius 1 is 0.919 bits per heavy atom. The molecule has 0 radical (unpaired) electrons. The maximum absolute atomic E-state index is 13.2. The molecule has 1 N–H and O–H groups in total. The first-order valence-corrected chi connectivity index (χ1v) is 11.1. The number of aliphatic hydroxyl groups is 1.